The molecule has 0 amide bonds. The molecular formula is C42H24N2OS2Si. The molecular weight excluding hydrogens is 641 g/mol. The molecule has 0 bridgehead atoms. The van der Waals surface area contributed by atoms with Crippen LogP contribution in [0.2, 0.25) is 0 Å². The second kappa shape index (κ2) is 9.14. The first-order valence-corrected chi connectivity index (χ1v) is 19.7. The predicted octanol–water partition coefficient (Wildman–Crippen LogP) is 10.3. The summed E-state index contributed by atoms with van der Waals surface area (Å²) in [6, 6.07) is 51.2. The van der Waals surface area contributed by atoms with Crippen LogP contribution in [-0.4, -0.2) is 8.80 Å². The van der Waals surface area contributed by atoms with Gasteiger partial charge in [-0.25, -0.2) is 0 Å². The minimum Gasteiger partial charge on any atom is -0.457 e. The van der Waals surface area contributed by atoms with E-state index in [1.54, 1.807) is 0 Å². The molecule has 0 N–H and O–H groups in total. The van der Waals surface area contributed by atoms with Crippen molar-refractivity contribution in [3.8, 4) is 11.5 Å². The fraction of sp³-hybridized carbons (Fsp3) is 0. The molecule has 0 saturated heterocycles. The molecule has 6 heteroatoms. The minimum atomic E-state index is -2.05. The topological polar surface area (TPSA) is 15.7 Å². The third kappa shape index (κ3) is 3.13. The maximum atomic E-state index is 7.26. The fourth-order valence-corrected chi connectivity index (χ4v) is 15.1. The van der Waals surface area contributed by atoms with Crippen LogP contribution in [0.25, 0.3) is 40.3 Å². The molecule has 2 aromatic heterocycles. The molecule has 0 atom stereocenters. The van der Waals surface area contributed by atoms with Gasteiger partial charge in [0.25, 0.3) is 0 Å². The minimum absolute atomic E-state index is 1.02. The first-order chi connectivity index (χ1) is 23.8. The number of ether oxygens (including phenoxy) is 1. The average molecular weight is 665 g/mol. The Morgan fingerprint density at radius 1 is 0.438 bits per heavy atom. The van der Waals surface area contributed by atoms with Gasteiger partial charge in [-0.1, -0.05) is 78.9 Å². The van der Waals surface area contributed by atoms with E-state index in [1.807, 2.05) is 22.7 Å². The highest BCUT2D eigenvalue weighted by Gasteiger charge is 2.49. The molecule has 0 aliphatic carbocycles. The van der Waals surface area contributed by atoms with E-state index >= 15 is 0 Å². The zero-order valence-corrected chi connectivity index (χ0v) is 28.3. The monoisotopic (exact) mass is 664 g/mol. The van der Waals surface area contributed by atoms with Crippen LogP contribution in [0.1, 0.15) is 0 Å². The average Bonchev–Trinajstić information content (AvgIpc) is 3.71. The van der Waals surface area contributed by atoms with Crippen LogP contribution in [0, 0.1) is 0 Å². The zero-order chi connectivity index (χ0) is 31.1. The summed E-state index contributed by atoms with van der Waals surface area (Å²) in [5.74, 6) is 2.04. The van der Waals surface area contributed by atoms with Crippen LogP contribution in [0.15, 0.2) is 140 Å². The van der Waals surface area contributed by atoms with E-state index in [2.05, 4.69) is 149 Å². The van der Waals surface area contributed by atoms with Gasteiger partial charge in [0.05, 0.1) is 20.8 Å². The summed E-state index contributed by atoms with van der Waals surface area (Å²) < 4.78 is 12.6. The van der Waals surface area contributed by atoms with Crippen molar-refractivity contribution in [2.24, 2.45) is 0 Å². The smallest absolute Gasteiger partial charge is 0.153 e. The van der Waals surface area contributed by atoms with Crippen molar-refractivity contribution in [1.29, 1.82) is 0 Å². The van der Waals surface area contributed by atoms with Gasteiger partial charge in [-0.2, -0.15) is 0 Å². The van der Waals surface area contributed by atoms with Crippen LogP contribution in [0.3, 0.4) is 0 Å². The molecule has 0 spiro atoms. The number of benzene rings is 7. The SMILES string of the molecule is c1ccc(N2c3cccc4c3[SiH]3c5c(cc6c(sc7ccccc76)c52)Oc2cc5c(sc6ccccc65)c(c23)N4c2ccccc2)cc1. The Morgan fingerprint density at radius 2 is 0.896 bits per heavy atom. The Balaban J connectivity index is 1.30. The summed E-state index contributed by atoms with van der Waals surface area (Å²) in [7, 11) is -2.05. The number of hydrogen-bond donors (Lipinski definition) is 0. The first kappa shape index (κ1) is 25.7. The predicted molar refractivity (Wildman–Crippen MR) is 208 cm³/mol. The number of hydrogen-bond acceptors (Lipinski definition) is 5. The van der Waals surface area contributed by atoms with Gasteiger partial charge in [-0.15, -0.1) is 22.7 Å². The molecule has 9 aromatic rings. The van der Waals surface area contributed by atoms with Crippen LogP contribution in [0.4, 0.5) is 34.1 Å². The van der Waals surface area contributed by atoms with Gasteiger partial charge >= 0.3 is 0 Å². The Kier molecular flexibility index (Phi) is 4.89. The molecule has 0 saturated carbocycles. The van der Waals surface area contributed by atoms with Crippen LogP contribution in [0.5, 0.6) is 11.5 Å². The summed E-state index contributed by atoms with van der Waals surface area (Å²) in [6.45, 7) is 0. The van der Waals surface area contributed by atoms with E-state index in [-0.39, 0.29) is 0 Å². The molecule has 0 fully saturated rings. The largest absolute Gasteiger partial charge is 0.457 e. The maximum absolute atomic E-state index is 7.26. The fourth-order valence-electron chi connectivity index (χ4n) is 8.55. The van der Waals surface area contributed by atoms with Crippen molar-refractivity contribution < 1.29 is 4.74 Å². The van der Waals surface area contributed by atoms with Crippen molar-refractivity contribution in [3.63, 3.8) is 0 Å². The molecule has 0 radical (unpaired) electrons. The second-order valence-corrected chi connectivity index (χ2v) is 17.5. The van der Waals surface area contributed by atoms with Gasteiger partial charge in [0.15, 0.2) is 8.80 Å². The maximum Gasteiger partial charge on any atom is 0.153 e. The quantitative estimate of drug-likeness (QED) is 0.171. The van der Waals surface area contributed by atoms with Gasteiger partial charge in [0.1, 0.15) is 11.5 Å². The summed E-state index contributed by atoms with van der Waals surface area (Å²) in [5.41, 5.74) is 7.53. The number of thiophene rings is 2. The van der Waals surface area contributed by atoms with Crippen LogP contribution < -0.4 is 30.1 Å². The number of nitrogens with zero attached hydrogens (tertiary/aromatic N) is 2. The van der Waals surface area contributed by atoms with Gasteiger partial charge in [0.2, 0.25) is 0 Å². The van der Waals surface area contributed by atoms with E-state index in [9.17, 15) is 0 Å². The second-order valence-electron chi connectivity index (χ2n) is 12.8. The van der Waals surface area contributed by atoms with Crippen LogP contribution in [-0.2, 0) is 0 Å². The van der Waals surface area contributed by atoms with Crippen LogP contribution >= 0.6 is 22.7 Å². The standard InChI is InChI=1S/C42H24N2OS2Si/c1-3-12-24(13-4-1)43-30-18-11-19-31-40(30)48-41-32(22-28-26-16-7-9-20-34(26)46-38(28)36(41)43)45-33-23-29-27-17-8-10-21-35(27)47-39(29)37(42(33)48)44(31)25-14-5-2-6-15-25/h1-23,48H. The van der Waals surface area contributed by atoms with Crippen molar-refractivity contribution in [3.05, 3.63) is 140 Å². The Hall–Kier alpha value is -5.40. The Bertz CT molecular complexity index is 2650. The third-order valence-corrected chi connectivity index (χ3v) is 16.2. The highest BCUT2D eigenvalue weighted by molar-refractivity contribution is 7.27. The lowest BCUT2D eigenvalue weighted by molar-refractivity contribution is 0.489. The summed E-state index contributed by atoms with van der Waals surface area (Å²) >= 11 is 3.83. The number of para-hydroxylation sites is 2. The molecule has 224 valence electrons. The highest BCUT2D eigenvalue weighted by Crippen LogP contribution is 2.54. The molecule has 3 nitrogen and oxygen atoms in total. The third-order valence-electron chi connectivity index (χ3n) is 10.4. The van der Waals surface area contributed by atoms with Crippen molar-refractivity contribution in [2.45, 2.75) is 0 Å². The van der Waals surface area contributed by atoms with E-state index in [0.29, 0.717) is 0 Å². The normalized spacial score (nSPS) is 14.2. The van der Waals surface area contributed by atoms with Gasteiger partial charge in [-0.3, -0.25) is 0 Å². The van der Waals surface area contributed by atoms with E-state index < -0.39 is 8.80 Å². The van der Waals surface area contributed by atoms with E-state index in [1.165, 1.54) is 90.0 Å². The van der Waals surface area contributed by atoms with E-state index in [0.717, 1.165) is 11.5 Å². The highest BCUT2D eigenvalue weighted by atomic mass is 32.1. The summed E-state index contributed by atoms with van der Waals surface area (Å²) in [4.78, 5) is 5.08. The van der Waals surface area contributed by atoms with Crippen molar-refractivity contribution in [1.82, 2.24) is 0 Å². The number of anilines is 6. The molecule has 3 aliphatic heterocycles. The van der Waals surface area contributed by atoms with Crippen molar-refractivity contribution in [2.75, 3.05) is 9.80 Å². The zero-order valence-electron chi connectivity index (χ0n) is 25.5. The Labute approximate surface area is 285 Å². The molecule has 7 aromatic carbocycles. The molecule has 0 unspecified atom stereocenters. The molecule has 12 rings (SSSR count). The van der Waals surface area contributed by atoms with E-state index in [4.69, 9.17) is 4.74 Å². The first-order valence-electron chi connectivity index (χ1n) is 16.3. The summed E-state index contributed by atoms with van der Waals surface area (Å²) in [6.07, 6.45) is 0. The Morgan fingerprint density at radius 3 is 1.40 bits per heavy atom. The molecule has 48 heavy (non-hydrogen) atoms. The lowest BCUT2D eigenvalue weighted by Gasteiger charge is -2.47. The number of rotatable bonds is 2. The molecule has 3 aliphatic rings. The van der Waals surface area contributed by atoms with Gasteiger partial charge < -0.3 is 14.5 Å². The lowest BCUT2D eigenvalue weighted by Crippen LogP contribution is -2.63. The van der Waals surface area contributed by atoms with Gasteiger partial charge in [-0.05, 0) is 65.9 Å². The number of fused-ring (bicyclic) bond motifs is 8. The summed E-state index contributed by atoms with van der Waals surface area (Å²) in [5, 5.41) is 9.40. The van der Waals surface area contributed by atoms with Crippen molar-refractivity contribution >= 4 is 121 Å². The van der Waals surface area contributed by atoms with Gasteiger partial charge in [0, 0.05) is 64.1 Å². The molecule has 5 heterocycles. The lowest BCUT2D eigenvalue weighted by atomic mass is 10.1.